The second-order valence-corrected chi connectivity index (χ2v) is 4.98. The van der Waals surface area contributed by atoms with Gasteiger partial charge in [0.15, 0.2) is 0 Å². The predicted octanol–water partition coefficient (Wildman–Crippen LogP) is 3.52. The minimum atomic E-state index is -0.336. The van der Waals surface area contributed by atoms with Crippen LogP contribution in [0.25, 0.3) is 0 Å². The van der Waals surface area contributed by atoms with Crippen molar-refractivity contribution in [1.82, 2.24) is 4.98 Å². The fourth-order valence-electron chi connectivity index (χ4n) is 2.53. The summed E-state index contributed by atoms with van der Waals surface area (Å²) >= 11 is 5.89. The van der Waals surface area contributed by atoms with Crippen LogP contribution in [-0.2, 0) is 18.8 Å². The maximum absolute atomic E-state index is 13.2. The van der Waals surface area contributed by atoms with Gasteiger partial charge in [0.25, 0.3) is 0 Å². The third-order valence-corrected chi connectivity index (χ3v) is 3.77. The van der Waals surface area contributed by atoms with Crippen molar-refractivity contribution >= 4 is 17.4 Å². The topological polar surface area (TPSA) is 16.1 Å². The van der Waals surface area contributed by atoms with Gasteiger partial charge in [0.2, 0.25) is 0 Å². The molecule has 0 spiro atoms. The molecule has 1 aromatic carbocycles. The molecule has 0 bridgehead atoms. The second kappa shape index (κ2) is 5.17. The van der Waals surface area contributed by atoms with E-state index in [-0.39, 0.29) is 11.7 Å². The highest BCUT2D eigenvalue weighted by atomic mass is 35.5. The highest BCUT2D eigenvalue weighted by molar-refractivity contribution is 6.17. The number of alkyl halides is 1. The number of aromatic nitrogens is 1. The largest absolute Gasteiger partial charge is 0.352 e. The van der Waals surface area contributed by atoms with Crippen molar-refractivity contribution in [3.8, 4) is 0 Å². The van der Waals surface area contributed by atoms with Crippen LogP contribution in [0.3, 0.4) is 0 Å². The molecule has 0 radical (unpaired) electrons. The summed E-state index contributed by atoms with van der Waals surface area (Å²) in [4.78, 5) is 6.38. The standard InChI is InChI=1S/C15H14ClFN2/c16-8-13-7-14(17)9-18-15(13)19-6-5-11-3-1-2-4-12(11)10-19/h1-4,7,9H,5-6,8,10H2. The molecule has 0 saturated heterocycles. The van der Waals surface area contributed by atoms with E-state index in [1.54, 1.807) is 0 Å². The fourth-order valence-corrected chi connectivity index (χ4v) is 2.73. The van der Waals surface area contributed by atoms with Crippen molar-refractivity contribution < 1.29 is 4.39 Å². The average molecular weight is 277 g/mol. The van der Waals surface area contributed by atoms with Gasteiger partial charge in [-0.05, 0) is 23.6 Å². The maximum Gasteiger partial charge on any atom is 0.141 e. The van der Waals surface area contributed by atoms with E-state index >= 15 is 0 Å². The Labute approximate surface area is 116 Å². The SMILES string of the molecule is Fc1cnc(N2CCc3ccccc3C2)c(CCl)c1. The van der Waals surface area contributed by atoms with Gasteiger partial charge in [-0.25, -0.2) is 9.37 Å². The minimum Gasteiger partial charge on any atom is -0.352 e. The molecule has 98 valence electrons. The van der Waals surface area contributed by atoms with E-state index in [2.05, 4.69) is 28.1 Å². The number of nitrogens with zero attached hydrogens (tertiary/aromatic N) is 2. The zero-order valence-corrected chi connectivity index (χ0v) is 11.2. The Balaban J connectivity index is 1.93. The Hall–Kier alpha value is -1.61. The number of halogens is 2. The van der Waals surface area contributed by atoms with E-state index in [9.17, 15) is 4.39 Å². The monoisotopic (exact) mass is 276 g/mol. The first-order chi connectivity index (χ1) is 9.28. The fraction of sp³-hybridized carbons (Fsp3) is 0.267. The number of hydrogen-bond acceptors (Lipinski definition) is 2. The van der Waals surface area contributed by atoms with Crippen LogP contribution in [0.15, 0.2) is 36.5 Å². The third-order valence-electron chi connectivity index (χ3n) is 3.48. The molecular formula is C15H14ClFN2. The van der Waals surface area contributed by atoms with Gasteiger partial charge in [0, 0.05) is 18.7 Å². The van der Waals surface area contributed by atoms with Gasteiger partial charge in [-0.1, -0.05) is 24.3 Å². The van der Waals surface area contributed by atoms with Crippen LogP contribution in [0.4, 0.5) is 10.2 Å². The zero-order valence-electron chi connectivity index (χ0n) is 10.4. The highest BCUT2D eigenvalue weighted by Gasteiger charge is 2.19. The van der Waals surface area contributed by atoms with Gasteiger partial charge < -0.3 is 4.90 Å². The molecule has 4 heteroatoms. The summed E-state index contributed by atoms with van der Waals surface area (Å²) in [5, 5.41) is 0. The summed E-state index contributed by atoms with van der Waals surface area (Å²) in [7, 11) is 0. The number of benzene rings is 1. The molecule has 0 N–H and O–H groups in total. The molecule has 0 atom stereocenters. The van der Waals surface area contributed by atoms with E-state index in [0.717, 1.165) is 30.9 Å². The van der Waals surface area contributed by atoms with Crippen LogP contribution >= 0.6 is 11.6 Å². The summed E-state index contributed by atoms with van der Waals surface area (Å²) in [5.74, 6) is 0.737. The van der Waals surface area contributed by atoms with Gasteiger partial charge in [-0.2, -0.15) is 0 Å². The number of hydrogen-bond donors (Lipinski definition) is 0. The average Bonchev–Trinajstić information content (AvgIpc) is 2.46. The van der Waals surface area contributed by atoms with E-state index in [0.29, 0.717) is 0 Å². The van der Waals surface area contributed by atoms with E-state index in [1.165, 1.54) is 23.4 Å². The number of fused-ring (bicyclic) bond motifs is 1. The number of anilines is 1. The summed E-state index contributed by atoms with van der Waals surface area (Å²) < 4.78 is 13.2. The van der Waals surface area contributed by atoms with Gasteiger partial charge in [0.05, 0.1) is 12.1 Å². The molecule has 2 nitrogen and oxygen atoms in total. The van der Waals surface area contributed by atoms with Crippen LogP contribution in [0.5, 0.6) is 0 Å². The molecule has 0 amide bonds. The van der Waals surface area contributed by atoms with Crippen molar-refractivity contribution in [2.24, 2.45) is 0 Å². The first kappa shape index (κ1) is 12.4. The second-order valence-electron chi connectivity index (χ2n) is 4.71. The minimum absolute atomic E-state index is 0.276. The first-order valence-electron chi connectivity index (χ1n) is 6.30. The van der Waals surface area contributed by atoms with Crippen molar-refractivity contribution in [2.45, 2.75) is 18.8 Å². The van der Waals surface area contributed by atoms with Gasteiger partial charge in [0.1, 0.15) is 11.6 Å². The van der Waals surface area contributed by atoms with Crippen LogP contribution < -0.4 is 4.90 Å². The first-order valence-corrected chi connectivity index (χ1v) is 6.83. The van der Waals surface area contributed by atoms with Crippen LogP contribution in [0.2, 0.25) is 0 Å². The quantitative estimate of drug-likeness (QED) is 0.780. The molecule has 0 unspecified atom stereocenters. The van der Waals surface area contributed by atoms with E-state index in [4.69, 9.17) is 11.6 Å². The van der Waals surface area contributed by atoms with Crippen LogP contribution in [0, 0.1) is 5.82 Å². The predicted molar refractivity (Wildman–Crippen MR) is 74.9 cm³/mol. The lowest BCUT2D eigenvalue weighted by molar-refractivity contribution is 0.616. The van der Waals surface area contributed by atoms with Crippen molar-refractivity contribution in [1.29, 1.82) is 0 Å². The Morgan fingerprint density at radius 3 is 2.84 bits per heavy atom. The van der Waals surface area contributed by atoms with Crippen molar-refractivity contribution in [3.05, 3.63) is 59.0 Å². The smallest absolute Gasteiger partial charge is 0.141 e. The molecule has 1 aliphatic heterocycles. The Kier molecular flexibility index (Phi) is 3.38. The lowest BCUT2D eigenvalue weighted by Gasteiger charge is -2.30. The molecule has 19 heavy (non-hydrogen) atoms. The molecule has 2 heterocycles. The Morgan fingerprint density at radius 2 is 2.05 bits per heavy atom. The molecule has 0 saturated carbocycles. The molecular weight excluding hydrogens is 263 g/mol. The maximum atomic E-state index is 13.2. The number of pyridine rings is 1. The Bertz CT molecular complexity index is 600. The highest BCUT2D eigenvalue weighted by Crippen LogP contribution is 2.26. The van der Waals surface area contributed by atoms with E-state index < -0.39 is 0 Å². The van der Waals surface area contributed by atoms with Gasteiger partial charge in [-0.15, -0.1) is 11.6 Å². The summed E-state index contributed by atoms with van der Waals surface area (Å²) in [6.45, 7) is 1.69. The lowest BCUT2D eigenvalue weighted by Crippen LogP contribution is -2.31. The van der Waals surface area contributed by atoms with Crippen LogP contribution in [-0.4, -0.2) is 11.5 Å². The molecule has 0 aliphatic carbocycles. The lowest BCUT2D eigenvalue weighted by atomic mass is 10.00. The third kappa shape index (κ3) is 2.43. The molecule has 0 fully saturated rings. The van der Waals surface area contributed by atoms with E-state index in [1.807, 2.05) is 6.07 Å². The van der Waals surface area contributed by atoms with Crippen molar-refractivity contribution in [2.75, 3.05) is 11.4 Å². The molecule has 2 aromatic rings. The van der Waals surface area contributed by atoms with Crippen molar-refractivity contribution in [3.63, 3.8) is 0 Å². The Morgan fingerprint density at radius 1 is 1.26 bits per heavy atom. The van der Waals surface area contributed by atoms with Crippen LogP contribution in [0.1, 0.15) is 16.7 Å². The molecule has 3 rings (SSSR count). The zero-order chi connectivity index (χ0) is 13.2. The summed E-state index contributed by atoms with van der Waals surface area (Å²) in [5.41, 5.74) is 3.44. The van der Waals surface area contributed by atoms with Gasteiger partial charge >= 0.3 is 0 Å². The molecule has 1 aliphatic rings. The summed E-state index contributed by atoms with van der Waals surface area (Å²) in [6.07, 6.45) is 2.24. The molecule has 1 aromatic heterocycles. The van der Waals surface area contributed by atoms with Gasteiger partial charge in [-0.3, -0.25) is 0 Å². The summed E-state index contributed by atoms with van der Waals surface area (Å²) in [6, 6.07) is 9.87. The normalized spacial score (nSPS) is 14.3. The number of rotatable bonds is 2.